The molecule has 0 spiro atoms. The van der Waals surface area contributed by atoms with Gasteiger partial charge in [0, 0.05) is 36.7 Å². The van der Waals surface area contributed by atoms with E-state index in [1.54, 1.807) is 12.1 Å². The number of hydrogen-bond acceptors (Lipinski definition) is 7. The Morgan fingerprint density at radius 3 is 1.72 bits per heavy atom. The van der Waals surface area contributed by atoms with Gasteiger partial charge in [0.25, 0.3) is 0 Å². The Balaban J connectivity index is 1.30. The van der Waals surface area contributed by atoms with Crippen molar-refractivity contribution in [3.8, 4) is 11.5 Å². The molecule has 46 heavy (non-hydrogen) atoms. The number of aliphatic hydroxyl groups excluding tert-OH is 3. The van der Waals surface area contributed by atoms with Gasteiger partial charge in [0.05, 0.1) is 6.10 Å². The van der Waals surface area contributed by atoms with E-state index < -0.39 is 18.3 Å². The van der Waals surface area contributed by atoms with E-state index in [0.29, 0.717) is 36.2 Å². The molecule has 0 saturated carbocycles. The molecule has 0 aliphatic carbocycles. The van der Waals surface area contributed by atoms with Crippen LogP contribution in [0, 0.1) is 0 Å². The summed E-state index contributed by atoms with van der Waals surface area (Å²) < 4.78 is 11.6. The molecule has 0 amide bonds. The molecule has 0 aliphatic heterocycles. The fraction of sp³-hybridized carbons (Fsp3) is 0.368. The summed E-state index contributed by atoms with van der Waals surface area (Å²) in [6.07, 6.45) is -0.527. The molecule has 0 fully saturated rings. The van der Waals surface area contributed by atoms with Crippen LogP contribution in [0.25, 0.3) is 0 Å². The van der Waals surface area contributed by atoms with Crippen molar-refractivity contribution in [1.29, 1.82) is 0 Å². The van der Waals surface area contributed by atoms with E-state index in [2.05, 4.69) is 48.3 Å². The molecule has 0 heterocycles. The van der Waals surface area contributed by atoms with Gasteiger partial charge in [-0.25, -0.2) is 0 Å². The molecule has 0 radical (unpaired) electrons. The lowest BCUT2D eigenvalue weighted by atomic mass is 10.0. The molecule has 4 aromatic carbocycles. The van der Waals surface area contributed by atoms with Crippen LogP contribution in [0.5, 0.6) is 11.5 Å². The summed E-state index contributed by atoms with van der Waals surface area (Å²) in [5, 5.41) is 36.3. The van der Waals surface area contributed by atoms with Crippen LogP contribution in [0.2, 0.25) is 5.02 Å². The SMILES string of the molecule is C[C@H](Cc1ccc(C[C@@H](C)N(C[C@H](O)COc2ccccc2)C[C@H](O)COc2ccccc2)cc1)NC[C@H](O)c1cccc(Cl)c1. The van der Waals surface area contributed by atoms with Gasteiger partial charge in [-0.1, -0.05) is 84.4 Å². The number of hydrogen-bond donors (Lipinski definition) is 4. The smallest absolute Gasteiger partial charge is 0.119 e. The summed E-state index contributed by atoms with van der Waals surface area (Å²) in [6.45, 7) is 5.66. The van der Waals surface area contributed by atoms with Gasteiger partial charge in [-0.05, 0) is 79.8 Å². The Morgan fingerprint density at radius 2 is 1.20 bits per heavy atom. The van der Waals surface area contributed by atoms with E-state index in [9.17, 15) is 15.3 Å². The Kier molecular flexibility index (Phi) is 14.4. The number of halogens is 1. The zero-order valence-corrected chi connectivity index (χ0v) is 27.5. The Hall–Kier alpha value is -3.43. The normalized spacial score (nSPS) is 14.8. The van der Waals surface area contributed by atoms with E-state index in [1.165, 1.54) is 11.1 Å². The fourth-order valence-electron chi connectivity index (χ4n) is 5.35. The van der Waals surface area contributed by atoms with E-state index in [-0.39, 0.29) is 25.3 Å². The van der Waals surface area contributed by atoms with Crippen molar-refractivity contribution in [2.75, 3.05) is 32.8 Å². The number of nitrogens with one attached hydrogen (secondary N) is 1. The van der Waals surface area contributed by atoms with E-state index in [4.69, 9.17) is 21.1 Å². The second-order valence-corrected chi connectivity index (χ2v) is 12.4. The average Bonchev–Trinajstić information content (AvgIpc) is 3.07. The predicted molar refractivity (Wildman–Crippen MR) is 185 cm³/mol. The third-order valence-electron chi connectivity index (χ3n) is 7.87. The topological polar surface area (TPSA) is 94.4 Å². The second kappa shape index (κ2) is 18.6. The van der Waals surface area contributed by atoms with Crippen molar-refractivity contribution < 1.29 is 24.8 Å². The first-order valence-corrected chi connectivity index (χ1v) is 16.3. The van der Waals surface area contributed by atoms with Crippen LogP contribution in [0.3, 0.4) is 0 Å². The van der Waals surface area contributed by atoms with Crippen LogP contribution in [0.4, 0.5) is 0 Å². The molecule has 0 aromatic heterocycles. The zero-order valence-electron chi connectivity index (χ0n) is 26.7. The van der Waals surface area contributed by atoms with Gasteiger partial charge in [-0.3, -0.25) is 4.90 Å². The summed E-state index contributed by atoms with van der Waals surface area (Å²) in [5.74, 6) is 1.42. The monoisotopic (exact) mass is 646 g/mol. The maximum atomic E-state index is 10.9. The average molecular weight is 647 g/mol. The van der Waals surface area contributed by atoms with Gasteiger partial charge in [0.1, 0.15) is 36.9 Å². The summed E-state index contributed by atoms with van der Waals surface area (Å²) in [4.78, 5) is 2.10. The summed E-state index contributed by atoms with van der Waals surface area (Å²) >= 11 is 6.07. The molecule has 4 rings (SSSR count). The van der Waals surface area contributed by atoms with Crippen LogP contribution in [0.1, 0.15) is 36.6 Å². The third-order valence-corrected chi connectivity index (χ3v) is 8.11. The summed E-state index contributed by atoms with van der Waals surface area (Å²) in [6, 6.07) is 35.0. The highest BCUT2D eigenvalue weighted by Crippen LogP contribution is 2.18. The minimum absolute atomic E-state index is 0.0390. The van der Waals surface area contributed by atoms with Crippen LogP contribution in [-0.4, -0.2) is 77.4 Å². The van der Waals surface area contributed by atoms with Gasteiger partial charge in [0.2, 0.25) is 0 Å². The van der Waals surface area contributed by atoms with Crippen molar-refractivity contribution in [2.45, 2.75) is 57.1 Å². The summed E-state index contributed by atoms with van der Waals surface area (Å²) in [5.41, 5.74) is 3.17. The predicted octanol–water partition coefficient (Wildman–Crippen LogP) is 5.71. The van der Waals surface area contributed by atoms with Crippen molar-refractivity contribution >= 4 is 11.6 Å². The maximum absolute atomic E-state index is 10.9. The molecule has 0 unspecified atom stereocenters. The molecule has 5 atom stereocenters. The minimum atomic E-state index is -0.737. The van der Waals surface area contributed by atoms with Crippen molar-refractivity contribution in [1.82, 2.24) is 10.2 Å². The number of nitrogens with zero attached hydrogens (tertiary/aromatic N) is 1. The van der Waals surface area contributed by atoms with Crippen molar-refractivity contribution in [3.63, 3.8) is 0 Å². The fourth-order valence-corrected chi connectivity index (χ4v) is 5.55. The lowest BCUT2D eigenvalue weighted by molar-refractivity contribution is 0.0167. The molecular weight excluding hydrogens is 600 g/mol. The van der Waals surface area contributed by atoms with Gasteiger partial charge >= 0.3 is 0 Å². The van der Waals surface area contributed by atoms with Gasteiger partial charge in [-0.15, -0.1) is 0 Å². The van der Waals surface area contributed by atoms with Crippen molar-refractivity contribution in [3.05, 3.63) is 131 Å². The van der Waals surface area contributed by atoms with E-state index in [1.807, 2.05) is 72.8 Å². The number of para-hydroxylation sites is 2. The van der Waals surface area contributed by atoms with Crippen LogP contribution in [-0.2, 0) is 12.8 Å². The zero-order chi connectivity index (χ0) is 32.7. The van der Waals surface area contributed by atoms with Crippen LogP contribution >= 0.6 is 11.6 Å². The molecule has 0 saturated heterocycles. The van der Waals surface area contributed by atoms with Gasteiger partial charge in [0.15, 0.2) is 0 Å². The minimum Gasteiger partial charge on any atom is -0.491 e. The second-order valence-electron chi connectivity index (χ2n) is 12.0. The van der Waals surface area contributed by atoms with Crippen molar-refractivity contribution in [2.24, 2.45) is 0 Å². The molecule has 246 valence electrons. The maximum Gasteiger partial charge on any atom is 0.119 e. The standard InChI is InChI=1S/C38H47ClN2O5/c1-28(40-23-38(44)32-10-9-11-33(39)22-32)20-30-16-18-31(19-17-30)21-29(2)41(24-34(42)26-45-36-12-5-3-6-13-36)25-35(43)27-46-37-14-7-4-8-15-37/h3-19,22,28-29,34-35,38,40,42-44H,20-21,23-27H2,1-2H3/t28-,29-,34+,35+,38+/m1/s1. The van der Waals surface area contributed by atoms with Crippen LogP contribution in [0.15, 0.2) is 109 Å². The highest BCUT2D eigenvalue weighted by Gasteiger charge is 2.22. The number of aliphatic hydroxyl groups is 3. The largest absolute Gasteiger partial charge is 0.491 e. The molecule has 0 bridgehead atoms. The quantitative estimate of drug-likeness (QED) is 0.104. The Bertz CT molecular complexity index is 1360. The summed E-state index contributed by atoms with van der Waals surface area (Å²) in [7, 11) is 0. The first-order valence-electron chi connectivity index (χ1n) is 16.0. The van der Waals surface area contributed by atoms with E-state index in [0.717, 1.165) is 18.4 Å². The first kappa shape index (κ1) is 35.4. The molecule has 7 nitrogen and oxygen atoms in total. The Morgan fingerprint density at radius 1 is 0.674 bits per heavy atom. The number of ether oxygens (including phenoxy) is 2. The third kappa shape index (κ3) is 12.4. The molecule has 4 N–H and O–H groups in total. The van der Waals surface area contributed by atoms with E-state index >= 15 is 0 Å². The van der Waals surface area contributed by atoms with Gasteiger partial charge < -0.3 is 30.1 Å². The van der Waals surface area contributed by atoms with Crippen LogP contribution < -0.4 is 14.8 Å². The van der Waals surface area contributed by atoms with Gasteiger partial charge in [-0.2, -0.15) is 0 Å². The lowest BCUT2D eigenvalue weighted by Crippen LogP contribution is -2.46. The highest BCUT2D eigenvalue weighted by atomic mass is 35.5. The molecule has 4 aromatic rings. The number of benzene rings is 4. The first-order chi connectivity index (χ1) is 22.2. The molecular formula is C38H47ClN2O5. The molecule has 8 heteroatoms. The molecule has 0 aliphatic rings. The number of rotatable bonds is 19. The highest BCUT2D eigenvalue weighted by molar-refractivity contribution is 6.30. The lowest BCUT2D eigenvalue weighted by Gasteiger charge is -2.32. The Labute approximate surface area is 278 Å².